The van der Waals surface area contributed by atoms with Gasteiger partial charge in [-0.15, -0.1) is 0 Å². The lowest BCUT2D eigenvalue weighted by Crippen LogP contribution is -2.52. The van der Waals surface area contributed by atoms with Gasteiger partial charge in [0, 0.05) is 43.7 Å². The van der Waals surface area contributed by atoms with Gasteiger partial charge in [0.1, 0.15) is 24.1 Å². The maximum absolute atomic E-state index is 15.7. The van der Waals surface area contributed by atoms with E-state index in [2.05, 4.69) is 36.0 Å². The summed E-state index contributed by atoms with van der Waals surface area (Å²) in [5, 5.41) is 4.25. The molecule has 2 bridgehead atoms. The van der Waals surface area contributed by atoms with Crippen LogP contribution in [-0.2, 0) is 18.0 Å². The lowest BCUT2D eigenvalue weighted by molar-refractivity contribution is 0.107. The van der Waals surface area contributed by atoms with Crippen molar-refractivity contribution in [2.45, 2.75) is 69.1 Å². The average molecular weight is 536 g/mol. The molecular formula is C24H28BrF2N5O2. The quantitative estimate of drug-likeness (QED) is 0.643. The number of hydrogen-bond acceptors (Lipinski definition) is 7. The highest BCUT2D eigenvalue weighted by Gasteiger charge is 2.49. The van der Waals surface area contributed by atoms with Crippen LogP contribution < -0.4 is 15.0 Å². The summed E-state index contributed by atoms with van der Waals surface area (Å²) in [6, 6.07) is 0.787. The van der Waals surface area contributed by atoms with E-state index in [-0.39, 0.29) is 17.1 Å². The molecule has 0 saturated carbocycles. The van der Waals surface area contributed by atoms with Crippen molar-refractivity contribution in [1.29, 1.82) is 0 Å². The van der Waals surface area contributed by atoms with E-state index < -0.39 is 12.0 Å². The minimum Gasteiger partial charge on any atom is -0.461 e. The van der Waals surface area contributed by atoms with Crippen molar-refractivity contribution in [3.63, 3.8) is 0 Å². The van der Waals surface area contributed by atoms with Crippen LogP contribution in [0.1, 0.15) is 43.2 Å². The molecule has 34 heavy (non-hydrogen) atoms. The van der Waals surface area contributed by atoms with E-state index in [1.807, 2.05) is 0 Å². The van der Waals surface area contributed by atoms with E-state index >= 15 is 4.39 Å². The Bertz CT molecular complexity index is 1150. The van der Waals surface area contributed by atoms with Crippen molar-refractivity contribution < 1.29 is 18.3 Å². The summed E-state index contributed by atoms with van der Waals surface area (Å²) in [7, 11) is 0. The van der Waals surface area contributed by atoms with Crippen LogP contribution in [0.15, 0.2) is 4.47 Å². The summed E-state index contributed by atoms with van der Waals surface area (Å²) in [6.07, 6.45) is 3.74. The smallest absolute Gasteiger partial charge is 0.319 e. The molecule has 0 radical (unpaired) electrons. The number of ether oxygens (including phenoxy) is 2. The van der Waals surface area contributed by atoms with E-state index in [1.165, 1.54) is 0 Å². The SMILES string of the molecule is Fc1c(Br)c2c(c3c(N4C5CCC4CNC5)nc(OC[C@@]45CCCN4C[C@H](F)C5)nc13)COC2. The third kappa shape index (κ3) is 3.14. The second kappa shape index (κ2) is 7.94. The van der Waals surface area contributed by atoms with Crippen LogP contribution in [0.25, 0.3) is 10.9 Å². The first-order chi connectivity index (χ1) is 16.5. The number of anilines is 1. The second-order valence-electron chi connectivity index (χ2n) is 10.4. The molecule has 0 aliphatic carbocycles. The highest BCUT2D eigenvalue weighted by atomic mass is 79.9. The Morgan fingerprint density at radius 2 is 1.97 bits per heavy atom. The molecule has 2 aromatic rings. The Morgan fingerprint density at radius 1 is 1.18 bits per heavy atom. The van der Waals surface area contributed by atoms with Gasteiger partial charge in [-0.3, -0.25) is 4.90 Å². The standard InChI is InChI=1S/C24H28BrF2N5O2/c25-19-17-11-33-10-16(17)18-21(20(19)27)29-23(30-22(18)32-14-2-3-15(32)8-28-7-14)34-12-24-4-1-5-31(24)9-13(26)6-24/h13-15,28H,1-12H2/t13-,14?,15?,24+/m1/s1. The Balaban J connectivity index is 1.34. The number of rotatable bonds is 4. The zero-order chi connectivity index (χ0) is 23.0. The van der Waals surface area contributed by atoms with E-state index in [0.29, 0.717) is 49.3 Å². The van der Waals surface area contributed by atoms with Crippen LogP contribution in [0.2, 0.25) is 0 Å². The number of aromatic nitrogens is 2. The molecule has 5 aliphatic heterocycles. The molecule has 4 saturated heterocycles. The molecule has 0 amide bonds. The molecule has 0 spiro atoms. The van der Waals surface area contributed by atoms with Gasteiger partial charge < -0.3 is 19.7 Å². The fourth-order valence-electron chi connectivity index (χ4n) is 6.97. The zero-order valence-electron chi connectivity index (χ0n) is 19.0. The van der Waals surface area contributed by atoms with E-state index in [1.54, 1.807) is 0 Å². The molecule has 7 rings (SSSR count). The highest BCUT2D eigenvalue weighted by Crippen LogP contribution is 2.44. The number of nitrogens with zero attached hydrogens (tertiary/aromatic N) is 4. The fraction of sp³-hybridized carbons (Fsp3) is 0.667. The number of piperazine rings is 1. The van der Waals surface area contributed by atoms with Crippen molar-refractivity contribution in [1.82, 2.24) is 20.2 Å². The van der Waals surface area contributed by atoms with Crippen LogP contribution >= 0.6 is 15.9 Å². The van der Waals surface area contributed by atoms with Gasteiger partial charge in [-0.2, -0.15) is 9.97 Å². The van der Waals surface area contributed by atoms with Gasteiger partial charge in [-0.05, 0) is 53.7 Å². The summed E-state index contributed by atoms with van der Waals surface area (Å²) in [5.41, 5.74) is 1.76. The molecule has 4 atom stereocenters. The molecule has 10 heteroatoms. The molecule has 1 aromatic carbocycles. The first kappa shape index (κ1) is 21.6. The Labute approximate surface area is 205 Å². The van der Waals surface area contributed by atoms with Crippen LogP contribution in [-0.4, -0.2) is 71.4 Å². The lowest BCUT2D eigenvalue weighted by atomic mass is 9.95. The average Bonchev–Trinajstić information content (AvgIpc) is 3.57. The summed E-state index contributed by atoms with van der Waals surface area (Å²) >= 11 is 3.44. The number of nitrogens with one attached hydrogen (secondary N) is 1. The second-order valence-corrected chi connectivity index (χ2v) is 11.2. The molecule has 5 aliphatic rings. The van der Waals surface area contributed by atoms with Crippen LogP contribution in [0, 0.1) is 5.82 Å². The first-order valence-electron chi connectivity index (χ1n) is 12.3. The zero-order valence-corrected chi connectivity index (χ0v) is 20.5. The van der Waals surface area contributed by atoms with Crippen molar-refractivity contribution in [3.8, 4) is 6.01 Å². The van der Waals surface area contributed by atoms with Crippen molar-refractivity contribution in [2.75, 3.05) is 37.7 Å². The molecule has 4 fully saturated rings. The number of alkyl halides is 1. The number of benzene rings is 1. The van der Waals surface area contributed by atoms with Gasteiger partial charge in [-0.25, -0.2) is 8.78 Å². The highest BCUT2D eigenvalue weighted by molar-refractivity contribution is 9.10. The van der Waals surface area contributed by atoms with Crippen LogP contribution in [0.5, 0.6) is 6.01 Å². The first-order valence-corrected chi connectivity index (χ1v) is 13.1. The van der Waals surface area contributed by atoms with Gasteiger partial charge in [0.15, 0.2) is 5.82 Å². The Kier molecular flexibility index (Phi) is 5.06. The summed E-state index contributed by atoms with van der Waals surface area (Å²) in [4.78, 5) is 14.1. The lowest BCUT2D eigenvalue weighted by Gasteiger charge is -2.37. The monoisotopic (exact) mass is 535 g/mol. The third-order valence-electron chi connectivity index (χ3n) is 8.55. The molecule has 1 N–H and O–H groups in total. The third-order valence-corrected chi connectivity index (χ3v) is 9.38. The summed E-state index contributed by atoms with van der Waals surface area (Å²) in [6.45, 7) is 4.23. The summed E-state index contributed by atoms with van der Waals surface area (Å²) in [5.74, 6) is 0.346. The molecule has 7 nitrogen and oxygen atoms in total. The van der Waals surface area contributed by atoms with Gasteiger partial charge in [0.05, 0.1) is 28.6 Å². The van der Waals surface area contributed by atoms with Gasteiger partial charge in [-0.1, -0.05) is 0 Å². The van der Waals surface area contributed by atoms with Crippen molar-refractivity contribution >= 4 is 32.7 Å². The number of halogens is 3. The minimum absolute atomic E-state index is 0.175. The molecule has 2 unspecified atom stereocenters. The normalized spacial score (nSPS) is 32.6. The fourth-order valence-corrected chi connectivity index (χ4v) is 7.52. The largest absolute Gasteiger partial charge is 0.461 e. The summed E-state index contributed by atoms with van der Waals surface area (Å²) < 4.78 is 42.2. The van der Waals surface area contributed by atoms with Crippen LogP contribution in [0.3, 0.4) is 0 Å². The van der Waals surface area contributed by atoms with E-state index in [4.69, 9.17) is 14.5 Å². The maximum atomic E-state index is 15.7. The van der Waals surface area contributed by atoms with Crippen molar-refractivity contribution in [2.24, 2.45) is 0 Å². The maximum Gasteiger partial charge on any atom is 0.319 e. The Hall–Kier alpha value is -1.62. The molecular weight excluding hydrogens is 508 g/mol. The predicted molar refractivity (Wildman–Crippen MR) is 126 cm³/mol. The predicted octanol–water partition coefficient (Wildman–Crippen LogP) is 3.46. The van der Waals surface area contributed by atoms with Gasteiger partial charge in [0.2, 0.25) is 0 Å². The van der Waals surface area contributed by atoms with E-state index in [9.17, 15) is 4.39 Å². The number of fused-ring (bicyclic) bond motifs is 6. The molecule has 6 heterocycles. The minimum atomic E-state index is -0.829. The van der Waals surface area contributed by atoms with Gasteiger partial charge in [0.25, 0.3) is 0 Å². The van der Waals surface area contributed by atoms with E-state index in [0.717, 1.165) is 67.6 Å². The molecule has 182 valence electrons. The Morgan fingerprint density at radius 3 is 2.79 bits per heavy atom. The topological polar surface area (TPSA) is 62.8 Å². The van der Waals surface area contributed by atoms with Crippen molar-refractivity contribution in [3.05, 3.63) is 21.4 Å². The molecule has 1 aromatic heterocycles. The van der Waals surface area contributed by atoms with Gasteiger partial charge >= 0.3 is 6.01 Å². The van der Waals surface area contributed by atoms with Crippen LogP contribution in [0.4, 0.5) is 14.6 Å². The number of hydrogen-bond donors (Lipinski definition) is 1.